The highest BCUT2D eigenvalue weighted by Gasteiger charge is 2.13. The third kappa shape index (κ3) is 2.99. The lowest BCUT2D eigenvalue weighted by Crippen LogP contribution is -2.30. The second kappa shape index (κ2) is 5.36. The van der Waals surface area contributed by atoms with Crippen LogP contribution in [-0.4, -0.2) is 39.1 Å². The molecule has 2 rings (SSSR count). The molecule has 0 spiro atoms. The van der Waals surface area contributed by atoms with Crippen molar-refractivity contribution in [2.75, 3.05) is 18.1 Å². The highest BCUT2D eigenvalue weighted by atomic mass is 32.2. The van der Waals surface area contributed by atoms with Crippen LogP contribution in [0.2, 0.25) is 0 Å². The zero-order valence-corrected chi connectivity index (χ0v) is 9.04. The molecule has 1 fully saturated rings. The van der Waals surface area contributed by atoms with Crippen molar-refractivity contribution < 1.29 is 0 Å². The monoisotopic (exact) mass is 212 g/mol. The predicted molar refractivity (Wildman–Crippen MR) is 58.4 cm³/mol. The largest absolute Gasteiger partial charge is 0.313 e. The van der Waals surface area contributed by atoms with E-state index in [1.54, 1.807) is 6.20 Å². The molecule has 1 saturated heterocycles. The van der Waals surface area contributed by atoms with Crippen LogP contribution in [0.1, 0.15) is 12.8 Å². The molecule has 78 valence electrons. The second-order valence-electron chi connectivity index (χ2n) is 3.53. The summed E-state index contributed by atoms with van der Waals surface area (Å²) in [6.45, 7) is 2.05. The van der Waals surface area contributed by atoms with E-state index < -0.39 is 0 Å². The van der Waals surface area contributed by atoms with Crippen molar-refractivity contribution in [1.29, 1.82) is 0 Å². The van der Waals surface area contributed by atoms with Gasteiger partial charge in [-0.3, -0.25) is 4.68 Å². The van der Waals surface area contributed by atoms with Crippen LogP contribution in [0.5, 0.6) is 0 Å². The molecule has 2 heterocycles. The fourth-order valence-corrected chi connectivity index (χ4v) is 2.78. The predicted octanol–water partition coefficient (Wildman–Crippen LogP) is 0.763. The average molecular weight is 212 g/mol. The zero-order chi connectivity index (χ0) is 9.64. The molecule has 0 aliphatic carbocycles. The highest BCUT2D eigenvalue weighted by molar-refractivity contribution is 7.99. The first-order chi connectivity index (χ1) is 6.95. The molecule has 1 N–H and O–H groups in total. The molecule has 14 heavy (non-hydrogen) atoms. The third-order valence-corrected chi connectivity index (χ3v) is 3.56. The van der Waals surface area contributed by atoms with Crippen LogP contribution >= 0.6 is 11.8 Å². The normalized spacial score (nSPS) is 21.6. The van der Waals surface area contributed by atoms with E-state index in [-0.39, 0.29) is 0 Å². The highest BCUT2D eigenvalue weighted by Crippen LogP contribution is 2.16. The summed E-state index contributed by atoms with van der Waals surface area (Å²) in [6, 6.07) is 0.746. The number of nitrogens with zero attached hydrogens (tertiary/aromatic N) is 3. The number of nitrogens with one attached hydrogen (secondary N) is 1. The Bertz CT molecular complexity index is 243. The number of aromatic nitrogens is 3. The summed E-state index contributed by atoms with van der Waals surface area (Å²) in [5, 5.41) is 11.2. The van der Waals surface area contributed by atoms with Crippen molar-refractivity contribution in [1.82, 2.24) is 20.3 Å². The van der Waals surface area contributed by atoms with Gasteiger partial charge in [0.2, 0.25) is 0 Å². The van der Waals surface area contributed by atoms with Crippen LogP contribution in [0, 0.1) is 0 Å². The molecule has 1 unspecified atom stereocenters. The Kier molecular flexibility index (Phi) is 3.82. The van der Waals surface area contributed by atoms with Gasteiger partial charge in [-0.05, 0) is 25.1 Å². The molecule has 5 heteroatoms. The number of rotatable bonds is 5. The van der Waals surface area contributed by atoms with E-state index in [0.717, 1.165) is 25.6 Å². The molecule has 1 aliphatic heterocycles. The Labute approximate surface area is 88.4 Å². The summed E-state index contributed by atoms with van der Waals surface area (Å²) in [4.78, 5) is 0. The van der Waals surface area contributed by atoms with Crippen molar-refractivity contribution in [2.45, 2.75) is 25.4 Å². The van der Waals surface area contributed by atoms with Crippen LogP contribution in [0.15, 0.2) is 12.4 Å². The van der Waals surface area contributed by atoms with Crippen molar-refractivity contribution >= 4 is 11.8 Å². The second-order valence-corrected chi connectivity index (χ2v) is 4.68. The van der Waals surface area contributed by atoms with E-state index in [2.05, 4.69) is 15.6 Å². The van der Waals surface area contributed by atoms with Gasteiger partial charge < -0.3 is 5.32 Å². The maximum absolute atomic E-state index is 3.92. The summed E-state index contributed by atoms with van der Waals surface area (Å²) in [5.74, 6) is 2.60. The zero-order valence-electron chi connectivity index (χ0n) is 8.22. The SMILES string of the molecule is c1cn(CCCNC2CCSC2)nn1. The lowest BCUT2D eigenvalue weighted by molar-refractivity contribution is 0.494. The molecule has 0 saturated carbocycles. The maximum atomic E-state index is 3.92. The van der Waals surface area contributed by atoms with Crippen LogP contribution in [-0.2, 0) is 6.54 Å². The topological polar surface area (TPSA) is 42.7 Å². The first-order valence-corrected chi connectivity index (χ1v) is 6.26. The Hall–Kier alpha value is -0.550. The van der Waals surface area contributed by atoms with Crippen molar-refractivity contribution in [3.8, 4) is 0 Å². The number of aryl methyl sites for hydroxylation is 1. The molecule has 1 aromatic rings. The average Bonchev–Trinajstić information content (AvgIpc) is 2.86. The lowest BCUT2D eigenvalue weighted by atomic mass is 10.2. The van der Waals surface area contributed by atoms with E-state index in [0.29, 0.717) is 0 Å². The Morgan fingerprint density at radius 3 is 3.29 bits per heavy atom. The quantitative estimate of drug-likeness (QED) is 0.732. The van der Waals surface area contributed by atoms with E-state index >= 15 is 0 Å². The molecular weight excluding hydrogens is 196 g/mol. The van der Waals surface area contributed by atoms with Gasteiger partial charge in [-0.15, -0.1) is 5.10 Å². The molecule has 4 nitrogen and oxygen atoms in total. The summed E-state index contributed by atoms with van der Waals surface area (Å²) >= 11 is 2.05. The van der Waals surface area contributed by atoms with Crippen LogP contribution in [0.3, 0.4) is 0 Å². The molecule has 0 amide bonds. The molecular formula is C9H16N4S. The Morgan fingerprint density at radius 2 is 2.57 bits per heavy atom. The van der Waals surface area contributed by atoms with Gasteiger partial charge in [0.1, 0.15) is 0 Å². The summed E-state index contributed by atoms with van der Waals surface area (Å²) in [5.41, 5.74) is 0. The van der Waals surface area contributed by atoms with Crippen LogP contribution < -0.4 is 5.32 Å². The lowest BCUT2D eigenvalue weighted by Gasteiger charge is -2.10. The Balaban J connectivity index is 1.55. The summed E-state index contributed by atoms with van der Waals surface area (Å²) < 4.78 is 1.88. The van der Waals surface area contributed by atoms with Gasteiger partial charge in [-0.1, -0.05) is 5.21 Å². The first kappa shape index (κ1) is 9.98. The van der Waals surface area contributed by atoms with Crippen LogP contribution in [0.25, 0.3) is 0 Å². The van der Waals surface area contributed by atoms with Crippen molar-refractivity contribution in [3.05, 3.63) is 12.4 Å². The minimum atomic E-state index is 0.746. The molecule has 0 radical (unpaired) electrons. The van der Waals surface area contributed by atoms with E-state index in [1.165, 1.54) is 17.9 Å². The molecule has 0 aromatic carbocycles. The number of thioether (sulfide) groups is 1. The van der Waals surface area contributed by atoms with E-state index in [4.69, 9.17) is 0 Å². The smallest absolute Gasteiger partial charge is 0.0692 e. The third-order valence-electron chi connectivity index (χ3n) is 2.40. The standard InChI is InChI=1S/C9H16N4S/c1(5-13-6-4-11-12-13)3-10-9-2-7-14-8-9/h4,6,9-10H,1-3,5,7-8H2. The fraction of sp³-hybridized carbons (Fsp3) is 0.778. The number of hydrogen-bond donors (Lipinski definition) is 1. The summed E-state index contributed by atoms with van der Waals surface area (Å²) in [6.07, 6.45) is 6.09. The minimum absolute atomic E-state index is 0.746. The van der Waals surface area contributed by atoms with Gasteiger partial charge in [0.15, 0.2) is 0 Å². The number of hydrogen-bond acceptors (Lipinski definition) is 4. The van der Waals surface area contributed by atoms with E-state index in [9.17, 15) is 0 Å². The van der Waals surface area contributed by atoms with Gasteiger partial charge in [-0.2, -0.15) is 11.8 Å². The van der Waals surface area contributed by atoms with E-state index in [1.807, 2.05) is 22.6 Å². The maximum Gasteiger partial charge on any atom is 0.0692 e. The molecule has 1 aliphatic rings. The fourth-order valence-electron chi connectivity index (χ4n) is 1.59. The van der Waals surface area contributed by atoms with Gasteiger partial charge in [-0.25, -0.2) is 0 Å². The Morgan fingerprint density at radius 1 is 1.57 bits per heavy atom. The molecule has 0 bridgehead atoms. The summed E-state index contributed by atoms with van der Waals surface area (Å²) in [7, 11) is 0. The van der Waals surface area contributed by atoms with Gasteiger partial charge >= 0.3 is 0 Å². The van der Waals surface area contributed by atoms with Gasteiger partial charge in [0, 0.05) is 24.5 Å². The van der Waals surface area contributed by atoms with Gasteiger partial charge in [0.25, 0.3) is 0 Å². The molecule has 1 atom stereocenters. The van der Waals surface area contributed by atoms with Crippen molar-refractivity contribution in [3.63, 3.8) is 0 Å². The minimum Gasteiger partial charge on any atom is -0.313 e. The first-order valence-electron chi connectivity index (χ1n) is 5.10. The molecule has 1 aromatic heterocycles. The van der Waals surface area contributed by atoms with Crippen molar-refractivity contribution in [2.24, 2.45) is 0 Å². The van der Waals surface area contributed by atoms with Crippen LogP contribution in [0.4, 0.5) is 0 Å². The van der Waals surface area contributed by atoms with Gasteiger partial charge in [0.05, 0.1) is 6.20 Å².